The number of halogens is 5. The first-order valence-corrected chi connectivity index (χ1v) is 10.4. The van der Waals surface area contributed by atoms with Crippen molar-refractivity contribution in [1.29, 1.82) is 0 Å². The number of hydrogen-bond donors (Lipinski definition) is 2. The van der Waals surface area contributed by atoms with Gasteiger partial charge in [0.05, 0.1) is 12.3 Å². The molecule has 0 radical (unpaired) electrons. The first kappa shape index (κ1) is 26.1. The van der Waals surface area contributed by atoms with Crippen molar-refractivity contribution in [2.75, 3.05) is 11.9 Å². The van der Waals surface area contributed by atoms with Crippen LogP contribution in [0.25, 0.3) is 0 Å². The number of primary amides is 1. The summed E-state index contributed by atoms with van der Waals surface area (Å²) in [6, 6.07) is 3.80. The summed E-state index contributed by atoms with van der Waals surface area (Å²) in [5.74, 6) is -8.36. The average Bonchev–Trinajstić information content (AvgIpc) is 3.05. The molecule has 1 aliphatic rings. The van der Waals surface area contributed by atoms with E-state index in [4.69, 9.17) is 15.2 Å². The lowest BCUT2D eigenvalue weighted by Gasteiger charge is -2.32. The van der Waals surface area contributed by atoms with Gasteiger partial charge in [0.15, 0.2) is 23.4 Å². The molecule has 0 saturated carbocycles. The summed E-state index contributed by atoms with van der Waals surface area (Å²) >= 11 is 0. The van der Waals surface area contributed by atoms with Crippen molar-refractivity contribution < 1.29 is 45.7 Å². The van der Waals surface area contributed by atoms with Gasteiger partial charge in [0.1, 0.15) is 6.10 Å². The number of benzene rings is 1. The maximum Gasteiger partial charge on any atom is 0.417 e. The molecule has 2 aromatic rings. The highest BCUT2D eigenvalue weighted by molar-refractivity contribution is 5.97. The molecule has 8 nitrogen and oxygen atoms in total. The topological polar surface area (TPSA) is 118 Å². The number of aromatic nitrogens is 1. The molecule has 1 aromatic carbocycles. The van der Waals surface area contributed by atoms with Crippen LogP contribution in [0.15, 0.2) is 30.5 Å². The number of nitrogens with two attached hydrogens (primary N) is 1. The van der Waals surface area contributed by atoms with E-state index in [9.17, 15) is 36.7 Å². The van der Waals surface area contributed by atoms with E-state index in [0.717, 1.165) is 37.4 Å². The number of rotatable bonds is 6. The normalized spacial score (nSPS) is 24.3. The number of pyridine rings is 1. The van der Waals surface area contributed by atoms with E-state index >= 15 is 0 Å². The van der Waals surface area contributed by atoms with Crippen LogP contribution in [0.4, 0.5) is 27.6 Å². The van der Waals surface area contributed by atoms with Crippen LogP contribution >= 0.6 is 0 Å². The van der Waals surface area contributed by atoms with Crippen molar-refractivity contribution in [3.63, 3.8) is 0 Å². The summed E-state index contributed by atoms with van der Waals surface area (Å²) < 4.78 is 81.1. The van der Waals surface area contributed by atoms with Crippen LogP contribution in [0.1, 0.15) is 42.7 Å². The van der Waals surface area contributed by atoms with E-state index in [2.05, 4.69) is 5.32 Å². The second-order valence-electron chi connectivity index (χ2n) is 8.15. The monoisotopic (exact) mass is 503 g/mol. The molecule has 0 spiro atoms. The predicted octanol–water partition coefficient (Wildman–Crippen LogP) is 3.17. The minimum Gasteiger partial charge on any atom is -0.618 e. The molecule has 2 amide bonds. The first-order valence-electron chi connectivity index (χ1n) is 10.4. The third-order valence-corrected chi connectivity index (χ3v) is 6.09. The smallest absolute Gasteiger partial charge is 0.417 e. The number of amides is 2. The Morgan fingerprint density at radius 1 is 1.29 bits per heavy atom. The Labute approximate surface area is 196 Å². The maximum absolute atomic E-state index is 14.5. The second kappa shape index (κ2) is 9.29. The van der Waals surface area contributed by atoms with Crippen molar-refractivity contribution in [3.05, 3.63) is 58.6 Å². The van der Waals surface area contributed by atoms with Crippen molar-refractivity contribution in [1.82, 2.24) is 0 Å². The number of nitrogens with zero attached hydrogens (tertiary/aromatic N) is 1. The molecule has 4 atom stereocenters. The number of ether oxygens (including phenoxy) is 2. The summed E-state index contributed by atoms with van der Waals surface area (Å²) in [5, 5.41) is 14.0. The lowest BCUT2D eigenvalue weighted by Crippen LogP contribution is -2.47. The Hall–Kier alpha value is -3.48. The SMILES string of the molecule is CCOc1c([C@H]2[C@@H](C)[C@@](C)(C(F)(F)F)O[C@H]2C(=O)Nc2cc[n+]([O-])c(C(N)=O)c2)ccc(F)c1F. The van der Waals surface area contributed by atoms with Gasteiger partial charge in [0.25, 0.3) is 11.6 Å². The zero-order valence-electron chi connectivity index (χ0n) is 18.8. The third-order valence-electron chi connectivity index (χ3n) is 6.09. The summed E-state index contributed by atoms with van der Waals surface area (Å²) in [6.07, 6.45) is -5.89. The summed E-state index contributed by atoms with van der Waals surface area (Å²) in [6.45, 7) is 3.28. The molecule has 2 heterocycles. The van der Waals surface area contributed by atoms with E-state index in [1.807, 2.05) is 0 Å². The zero-order chi connectivity index (χ0) is 26.3. The number of carbonyl (C=O) groups excluding carboxylic acids is 2. The van der Waals surface area contributed by atoms with E-state index in [0.29, 0.717) is 0 Å². The number of anilines is 1. The minimum absolute atomic E-state index is 0.123. The van der Waals surface area contributed by atoms with Crippen molar-refractivity contribution in [3.8, 4) is 5.75 Å². The van der Waals surface area contributed by atoms with Crippen molar-refractivity contribution in [2.45, 2.75) is 44.6 Å². The molecular weight excluding hydrogens is 481 g/mol. The molecule has 1 fully saturated rings. The summed E-state index contributed by atoms with van der Waals surface area (Å²) in [5.41, 5.74) is 1.44. The van der Waals surface area contributed by atoms with Gasteiger partial charge in [-0.15, -0.1) is 0 Å². The highest BCUT2D eigenvalue weighted by Gasteiger charge is 2.66. The molecule has 0 unspecified atom stereocenters. The van der Waals surface area contributed by atoms with Crippen LogP contribution in [0, 0.1) is 22.8 Å². The number of alkyl halides is 3. The summed E-state index contributed by atoms with van der Waals surface area (Å²) in [4.78, 5) is 24.5. The predicted molar refractivity (Wildman–Crippen MR) is 111 cm³/mol. The van der Waals surface area contributed by atoms with Crippen LogP contribution in [0.2, 0.25) is 0 Å². The van der Waals surface area contributed by atoms with Gasteiger partial charge in [-0.2, -0.15) is 22.3 Å². The van der Waals surface area contributed by atoms with Crippen molar-refractivity contribution >= 4 is 17.5 Å². The molecule has 0 aliphatic carbocycles. The maximum atomic E-state index is 14.5. The van der Waals surface area contributed by atoms with Gasteiger partial charge in [0.2, 0.25) is 5.82 Å². The Kier molecular flexibility index (Phi) is 6.93. The fourth-order valence-electron chi connectivity index (χ4n) is 4.08. The molecule has 0 bridgehead atoms. The van der Waals surface area contributed by atoms with E-state index in [-0.39, 0.29) is 22.6 Å². The van der Waals surface area contributed by atoms with Crippen LogP contribution < -0.4 is 20.5 Å². The van der Waals surface area contributed by atoms with Crippen molar-refractivity contribution in [2.24, 2.45) is 11.7 Å². The third kappa shape index (κ3) is 4.59. The van der Waals surface area contributed by atoms with Crippen LogP contribution in [0.5, 0.6) is 5.75 Å². The quantitative estimate of drug-likeness (QED) is 0.357. The molecule has 3 N–H and O–H groups in total. The Morgan fingerprint density at radius 2 is 1.94 bits per heavy atom. The van der Waals surface area contributed by atoms with Gasteiger partial charge in [0, 0.05) is 29.5 Å². The molecule has 1 aromatic heterocycles. The Morgan fingerprint density at radius 3 is 2.51 bits per heavy atom. The van der Waals surface area contributed by atoms with Gasteiger partial charge in [-0.05, 0) is 19.9 Å². The van der Waals surface area contributed by atoms with Crippen LogP contribution in [-0.4, -0.2) is 36.3 Å². The molecule has 1 aliphatic heterocycles. The number of carbonyl (C=O) groups is 2. The fourth-order valence-corrected chi connectivity index (χ4v) is 4.08. The molecule has 13 heteroatoms. The Balaban J connectivity index is 2.09. The highest BCUT2D eigenvalue weighted by atomic mass is 19.4. The second-order valence-corrected chi connectivity index (χ2v) is 8.15. The molecule has 190 valence electrons. The fraction of sp³-hybridized carbons (Fsp3) is 0.409. The van der Waals surface area contributed by atoms with Gasteiger partial charge >= 0.3 is 12.1 Å². The van der Waals surface area contributed by atoms with Crippen LogP contribution in [0.3, 0.4) is 0 Å². The lowest BCUT2D eigenvalue weighted by atomic mass is 9.77. The van der Waals surface area contributed by atoms with E-state index in [1.165, 1.54) is 13.8 Å². The largest absolute Gasteiger partial charge is 0.618 e. The van der Waals surface area contributed by atoms with E-state index < -0.39 is 64.6 Å². The molecular formula is C22H22F5N3O5. The van der Waals surface area contributed by atoms with E-state index in [1.54, 1.807) is 0 Å². The van der Waals surface area contributed by atoms with Gasteiger partial charge in [-0.1, -0.05) is 13.0 Å². The minimum atomic E-state index is -4.93. The first-order chi connectivity index (χ1) is 16.2. The highest BCUT2D eigenvalue weighted by Crippen LogP contribution is 2.55. The Bertz CT molecular complexity index is 1160. The number of nitrogens with one attached hydrogen (secondary N) is 1. The molecule has 1 saturated heterocycles. The zero-order valence-corrected chi connectivity index (χ0v) is 18.8. The number of hydrogen-bond acceptors (Lipinski definition) is 5. The lowest BCUT2D eigenvalue weighted by molar-refractivity contribution is -0.607. The van der Waals surface area contributed by atoms with Gasteiger partial charge in [-0.3, -0.25) is 9.59 Å². The molecule has 35 heavy (non-hydrogen) atoms. The standard InChI is InChI=1S/C22H22F5N3O5/c1-4-34-17-12(5-6-13(23)16(17)24)15-10(2)21(3,22(25,26)27)35-18(15)20(32)29-11-7-8-30(33)14(9-11)19(28)31/h5-10,15,18H,4H2,1-3H3,(H2,28,31)(H,29,32)/t10-,15-,18-,21+/m1/s1. The molecule has 3 rings (SSSR count). The van der Waals surface area contributed by atoms with Crippen LogP contribution in [-0.2, 0) is 9.53 Å². The summed E-state index contributed by atoms with van der Waals surface area (Å²) in [7, 11) is 0. The van der Waals surface area contributed by atoms with Gasteiger partial charge in [-0.25, -0.2) is 4.39 Å². The van der Waals surface area contributed by atoms with Gasteiger partial charge < -0.3 is 25.7 Å². The average molecular weight is 503 g/mol.